The van der Waals surface area contributed by atoms with E-state index in [1.807, 2.05) is 0 Å². The molecular formula is C16H21ClFN3. The Morgan fingerprint density at radius 1 is 1.29 bits per heavy atom. The topological polar surface area (TPSA) is 28.2 Å². The molecule has 0 aliphatic rings. The Morgan fingerprint density at radius 3 is 2.76 bits per heavy atom. The van der Waals surface area contributed by atoms with Gasteiger partial charge in [-0.25, -0.2) is 4.39 Å². The van der Waals surface area contributed by atoms with Crippen LogP contribution in [0.2, 0.25) is 5.02 Å². The molecule has 5 heteroatoms. The van der Waals surface area contributed by atoms with Gasteiger partial charge in [0.1, 0.15) is 0 Å². The van der Waals surface area contributed by atoms with Crippen LogP contribution in [0, 0.1) is 5.82 Å². The van der Waals surface area contributed by atoms with Crippen LogP contribution >= 0.6 is 11.6 Å². The molecule has 0 fully saturated rings. The molecule has 0 aliphatic heterocycles. The van der Waals surface area contributed by atoms with Crippen LogP contribution in [-0.2, 0) is 0 Å². The van der Waals surface area contributed by atoms with Crippen molar-refractivity contribution in [3.05, 3.63) is 35.2 Å². The van der Waals surface area contributed by atoms with Gasteiger partial charge < -0.3 is 10.2 Å². The Morgan fingerprint density at radius 2 is 2.05 bits per heavy atom. The van der Waals surface area contributed by atoms with Gasteiger partial charge in [0.05, 0.1) is 17.4 Å². The summed E-state index contributed by atoms with van der Waals surface area (Å²) in [6, 6.07) is 5.31. The van der Waals surface area contributed by atoms with Crippen molar-refractivity contribution < 1.29 is 4.39 Å². The van der Waals surface area contributed by atoms with Gasteiger partial charge >= 0.3 is 0 Å². The quantitative estimate of drug-likeness (QED) is 0.778. The summed E-state index contributed by atoms with van der Waals surface area (Å²) in [6.45, 7) is 8.13. The lowest BCUT2D eigenvalue weighted by Gasteiger charge is -2.18. The monoisotopic (exact) mass is 309 g/mol. The minimum atomic E-state index is -0.326. The van der Waals surface area contributed by atoms with E-state index >= 15 is 0 Å². The molecule has 0 spiro atoms. The molecule has 0 bridgehead atoms. The minimum absolute atomic E-state index is 0.326. The van der Waals surface area contributed by atoms with Crippen LogP contribution in [0.15, 0.2) is 24.4 Å². The Kier molecular flexibility index (Phi) is 5.76. The van der Waals surface area contributed by atoms with Crippen molar-refractivity contribution in [2.75, 3.05) is 31.5 Å². The Hall–Kier alpha value is -1.39. The predicted molar refractivity (Wildman–Crippen MR) is 87.6 cm³/mol. The third kappa shape index (κ3) is 4.05. The molecule has 1 heterocycles. The summed E-state index contributed by atoms with van der Waals surface area (Å²) in [4.78, 5) is 6.43. The highest BCUT2D eigenvalue weighted by Crippen LogP contribution is 2.26. The van der Waals surface area contributed by atoms with E-state index in [4.69, 9.17) is 11.6 Å². The van der Waals surface area contributed by atoms with Crippen LogP contribution < -0.4 is 5.32 Å². The summed E-state index contributed by atoms with van der Waals surface area (Å²) < 4.78 is 14.0. The van der Waals surface area contributed by atoms with Gasteiger partial charge in [0.2, 0.25) is 0 Å². The van der Waals surface area contributed by atoms with Gasteiger partial charge in [-0.1, -0.05) is 25.4 Å². The number of nitrogens with zero attached hydrogens (tertiary/aromatic N) is 2. The second kappa shape index (κ2) is 7.57. The highest BCUT2D eigenvalue weighted by molar-refractivity contribution is 6.31. The molecule has 1 N–H and O–H groups in total. The molecule has 2 rings (SSSR count). The molecule has 1 aromatic heterocycles. The van der Waals surface area contributed by atoms with Gasteiger partial charge in [-0.05, 0) is 44.3 Å². The average Bonchev–Trinajstić information content (AvgIpc) is 2.49. The number of halogens is 2. The van der Waals surface area contributed by atoms with Gasteiger partial charge in [0.25, 0.3) is 0 Å². The van der Waals surface area contributed by atoms with Crippen LogP contribution in [0.4, 0.5) is 10.1 Å². The van der Waals surface area contributed by atoms with Crippen molar-refractivity contribution in [2.24, 2.45) is 0 Å². The number of aromatic nitrogens is 1. The van der Waals surface area contributed by atoms with E-state index in [1.165, 1.54) is 6.20 Å². The number of rotatable bonds is 7. The summed E-state index contributed by atoms with van der Waals surface area (Å²) in [6.07, 6.45) is 2.21. The van der Waals surface area contributed by atoms with E-state index in [0.717, 1.165) is 38.0 Å². The Balaban J connectivity index is 2.06. The molecule has 3 nitrogen and oxygen atoms in total. The maximum absolute atomic E-state index is 14.0. The SMILES string of the molecule is CCN(CC)CCCNc1c(F)cnc2cc(Cl)ccc12. The summed E-state index contributed by atoms with van der Waals surface area (Å²) >= 11 is 5.94. The second-order valence-corrected chi connectivity index (χ2v) is 5.39. The Bertz CT molecular complexity index is 599. The van der Waals surface area contributed by atoms with Crippen LogP contribution in [0.25, 0.3) is 10.9 Å². The molecule has 2 aromatic rings. The van der Waals surface area contributed by atoms with Crippen molar-refractivity contribution in [3.63, 3.8) is 0 Å². The van der Waals surface area contributed by atoms with E-state index in [1.54, 1.807) is 18.2 Å². The lowest BCUT2D eigenvalue weighted by atomic mass is 10.2. The highest BCUT2D eigenvalue weighted by atomic mass is 35.5. The third-order valence-electron chi connectivity index (χ3n) is 3.63. The molecular weight excluding hydrogens is 289 g/mol. The van der Waals surface area contributed by atoms with Crippen molar-refractivity contribution in [3.8, 4) is 0 Å². The molecule has 0 atom stereocenters. The third-order valence-corrected chi connectivity index (χ3v) is 3.87. The largest absolute Gasteiger partial charge is 0.382 e. The summed E-state index contributed by atoms with van der Waals surface area (Å²) in [7, 11) is 0. The van der Waals surface area contributed by atoms with Gasteiger partial charge in [-0.15, -0.1) is 0 Å². The number of pyridine rings is 1. The molecule has 0 unspecified atom stereocenters. The molecule has 0 saturated carbocycles. The maximum Gasteiger partial charge on any atom is 0.165 e. The van der Waals surface area contributed by atoms with Crippen molar-refractivity contribution in [2.45, 2.75) is 20.3 Å². The zero-order chi connectivity index (χ0) is 15.2. The van der Waals surface area contributed by atoms with E-state index in [9.17, 15) is 4.39 Å². The number of hydrogen-bond donors (Lipinski definition) is 1. The normalized spacial score (nSPS) is 11.3. The van der Waals surface area contributed by atoms with Crippen molar-refractivity contribution in [1.29, 1.82) is 0 Å². The number of nitrogens with one attached hydrogen (secondary N) is 1. The number of fused-ring (bicyclic) bond motifs is 1. The number of anilines is 1. The lowest BCUT2D eigenvalue weighted by Crippen LogP contribution is -2.25. The molecule has 0 radical (unpaired) electrons. The van der Waals surface area contributed by atoms with E-state index in [-0.39, 0.29) is 5.82 Å². The van der Waals surface area contributed by atoms with Gasteiger partial charge in [0, 0.05) is 17.0 Å². The molecule has 1 aromatic carbocycles. The predicted octanol–water partition coefficient (Wildman–Crippen LogP) is 4.17. The van der Waals surface area contributed by atoms with Crippen LogP contribution in [-0.4, -0.2) is 36.1 Å². The number of benzene rings is 1. The molecule has 0 saturated heterocycles. The lowest BCUT2D eigenvalue weighted by molar-refractivity contribution is 0.303. The summed E-state index contributed by atoms with van der Waals surface area (Å²) in [5, 5.41) is 4.57. The molecule has 0 amide bonds. The second-order valence-electron chi connectivity index (χ2n) is 4.95. The Labute approximate surface area is 130 Å². The maximum atomic E-state index is 14.0. The first-order chi connectivity index (χ1) is 10.2. The fourth-order valence-corrected chi connectivity index (χ4v) is 2.54. The van der Waals surface area contributed by atoms with Gasteiger partial charge in [-0.2, -0.15) is 0 Å². The van der Waals surface area contributed by atoms with Gasteiger partial charge in [0.15, 0.2) is 5.82 Å². The zero-order valence-electron chi connectivity index (χ0n) is 12.5. The van der Waals surface area contributed by atoms with E-state index < -0.39 is 0 Å². The standard InChI is InChI=1S/C16H21ClFN3/c1-3-21(4-2)9-5-8-19-16-13-7-6-12(17)10-15(13)20-11-14(16)18/h6-7,10-11H,3-5,8-9H2,1-2H3,(H,19,20). The van der Waals surface area contributed by atoms with Crippen LogP contribution in [0.5, 0.6) is 0 Å². The molecule has 0 aliphatic carbocycles. The molecule has 21 heavy (non-hydrogen) atoms. The van der Waals surface area contributed by atoms with E-state index in [0.29, 0.717) is 16.2 Å². The highest BCUT2D eigenvalue weighted by Gasteiger charge is 2.09. The smallest absolute Gasteiger partial charge is 0.165 e. The zero-order valence-corrected chi connectivity index (χ0v) is 13.3. The minimum Gasteiger partial charge on any atom is -0.382 e. The first-order valence-electron chi connectivity index (χ1n) is 7.35. The fraction of sp³-hybridized carbons (Fsp3) is 0.438. The first kappa shape index (κ1) is 16.0. The van der Waals surface area contributed by atoms with Crippen molar-refractivity contribution >= 4 is 28.2 Å². The van der Waals surface area contributed by atoms with Crippen LogP contribution in [0.3, 0.4) is 0 Å². The van der Waals surface area contributed by atoms with Gasteiger partial charge in [-0.3, -0.25) is 4.98 Å². The number of hydrogen-bond acceptors (Lipinski definition) is 3. The average molecular weight is 310 g/mol. The fourth-order valence-electron chi connectivity index (χ4n) is 2.38. The van der Waals surface area contributed by atoms with E-state index in [2.05, 4.69) is 29.0 Å². The van der Waals surface area contributed by atoms with Crippen LogP contribution in [0.1, 0.15) is 20.3 Å². The van der Waals surface area contributed by atoms with Crippen molar-refractivity contribution in [1.82, 2.24) is 9.88 Å². The molecule has 114 valence electrons. The summed E-state index contributed by atoms with van der Waals surface area (Å²) in [5.74, 6) is -0.326. The first-order valence-corrected chi connectivity index (χ1v) is 7.73. The summed E-state index contributed by atoms with van der Waals surface area (Å²) in [5.41, 5.74) is 1.21.